The summed E-state index contributed by atoms with van der Waals surface area (Å²) in [6.07, 6.45) is 8.04. The first kappa shape index (κ1) is 16.5. The number of sulfone groups is 1. The predicted molar refractivity (Wildman–Crippen MR) is 84.7 cm³/mol. The minimum atomic E-state index is -2.90. The number of hydrogen-bond acceptors (Lipinski definition) is 3. The molecule has 0 atom stereocenters. The average Bonchev–Trinajstić information content (AvgIpc) is 2.46. The average molecular weight is 313 g/mol. The van der Waals surface area contributed by atoms with Gasteiger partial charge >= 0.3 is 0 Å². The van der Waals surface area contributed by atoms with Gasteiger partial charge in [-0.25, -0.2) is 8.42 Å². The highest BCUT2D eigenvalue weighted by Crippen LogP contribution is 2.33. The second-order valence-electron chi connectivity index (χ2n) is 7.00. The fourth-order valence-electron chi connectivity index (χ4n) is 3.17. The third kappa shape index (κ3) is 4.56. The molecule has 0 unspecified atom stereocenters. The van der Waals surface area contributed by atoms with Crippen LogP contribution in [-0.4, -0.2) is 32.4 Å². The molecule has 0 saturated carbocycles. The molecule has 1 N–H and O–H groups in total. The second kappa shape index (κ2) is 6.51. The summed E-state index contributed by atoms with van der Waals surface area (Å²) in [6.45, 7) is 4.99. The summed E-state index contributed by atoms with van der Waals surface area (Å²) in [5.41, 5.74) is 1.44. The number of carbonyl (C=O) groups is 1. The molecular weight excluding hydrogens is 286 g/mol. The van der Waals surface area contributed by atoms with Gasteiger partial charge in [-0.2, -0.15) is 0 Å². The molecule has 1 aliphatic heterocycles. The summed E-state index contributed by atoms with van der Waals surface area (Å²) in [4.78, 5) is 12.2. The third-order valence-corrected chi connectivity index (χ3v) is 6.51. The molecule has 1 fully saturated rings. The highest BCUT2D eigenvalue weighted by atomic mass is 32.2. The Morgan fingerprint density at radius 3 is 2.52 bits per heavy atom. The van der Waals surface area contributed by atoms with Crippen molar-refractivity contribution in [3.8, 4) is 0 Å². The fourth-order valence-corrected chi connectivity index (χ4v) is 4.66. The zero-order chi connectivity index (χ0) is 15.5. The van der Waals surface area contributed by atoms with Crippen molar-refractivity contribution < 1.29 is 13.2 Å². The van der Waals surface area contributed by atoms with Gasteiger partial charge in [-0.3, -0.25) is 4.79 Å². The van der Waals surface area contributed by atoms with Crippen molar-refractivity contribution >= 4 is 15.7 Å². The Balaban J connectivity index is 1.84. The first-order chi connectivity index (χ1) is 9.80. The Bertz CT molecular complexity index is 506. The van der Waals surface area contributed by atoms with E-state index in [-0.39, 0.29) is 28.7 Å². The maximum atomic E-state index is 12.2. The highest BCUT2D eigenvalue weighted by molar-refractivity contribution is 7.91. The summed E-state index contributed by atoms with van der Waals surface area (Å²) in [5, 5.41) is 3.04. The fraction of sp³-hybridized carbons (Fsp3) is 0.812. The summed E-state index contributed by atoms with van der Waals surface area (Å²) >= 11 is 0. The molecule has 0 radical (unpaired) electrons. The van der Waals surface area contributed by atoms with Gasteiger partial charge in [0.25, 0.3) is 0 Å². The molecular formula is C16H27NO3S. The number of carbonyl (C=O) groups excluding carboxylic acids is 1. The quantitative estimate of drug-likeness (QED) is 0.811. The van der Waals surface area contributed by atoms with Crippen LogP contribution in [0.2, 0.25) is 0 Å². The molecule has 0 aromatic rings. The van der Waals surface area contributed by atoms with Crippen molar-refractivity contribution in [3.63, 3.8) is 0 Å². The van der Waals surface area contributed by atoms with Gasteiger partial charge in [-0.15, -0.1) is 0 Å². The molecule has 0 aromatic carbocycles. The van der Waals surface area contributed by atoms with Gasteiger partial charge in [0, 0.05) is 17.9 Å². The maximum Gasteiger partial charge on any atom is 0.223 e. The number of rotatable bonds is 4. The molecule has 1 amide bonds. The van der Waals surface area contributed by atoms with Crippen molar-refractivity contribution in [1.29, 1.82) is 0 Å². The Morgan fingerprint density at radius 2 is 1.95 bits per heavy atom. The summed E-state index contributed by atoms with van der Waals surface area (Å²) < 4.78 is 22.8. The van der Waals surface area contributed by atoms with Gasteiger partial charge in [0.1, 0.15) is 9.84 Å². The lowest BCUT2D eigenvalue weighted by atomic mass is 9.78. The lowest BCUT2D eigenvalue weighted by Gasteiger charge is -2.31. The number of amides is 1. The van der Waals surface area contributed by atoms with Gasteiger partial charge in [-0.05, 0) is 38.5 Å². The maximum absolute atomic E-state index is 12.2. The highest BCUT2D eigenvalue weighted by Gasteiger charge is 2.30. The standard InChI is InChI=1S/C16H27NO3S/c1-16(2,14-6-4-3-5-7-14)12-17-15(18)13-8-10-21(19,20)11-9-13/h6,13H,3-5,7-12H2,1-2H3,(H,17,18). The number of nitrogens with one attached hydrogen (secondary N) is 1. The van der Waals surface area contributed by atoms with Crippen molar-refractivity contribution in [2.45, 2.75) is 52.4 Å². The molecule has 2 rings (SSSR count). The summed E-state index contributed by atoms with van der Waals surface area (Å²) in [5.74, 6) is 0.193. The van der Waals surface area contributed by atoms with Crippen molar-refractivity contribution in [2.24, 2.45) is 11.3 Å². The van der Waals surface area contributed by atoms with Crippen molar-refractivity contribution in [1.82, 2.24) is 5.32 Å². The van der Waals surface area contributed by atoms with E-state index in [9.17, 15) is 13.2 Å². The first-order valence-electron chi connectivity index (χ1n) is 7.98. The Labute approximate surface area is 128 Å². The van der Waals surface area contributed by atoms with Crippen LogP contribution in [0.5, 0.6) is 0 Å². The van der Waals surface area contributed by atoms with Gasteiger partial charge in [0.15, 0.2) is 0 Å². The molecule has 120 valence electrons. The molecule has 4 nitrogen and oxygen atoms in total. The summed E-state index contributed by atoms with van der Waals surface area (Å²) in [6, 6.07) is 0. The number of allylic oxidation sites excluding steroid dienone is 1. The lowest BCUT2D eigenvalue weighted by molar-refractivity contribution is -0.125. The zero-order valence-corrected chi connectivity index (χ0v) is 14.0. The van der Waals surface area contributed by atoms with Crippen LogP contribution in [-0.2, 0) is 14.6 Å². The smallest absolute Gasteiger partial charge is 0.223 e. The second-order valence-corrected chi connectivity index (χ2v) is 9.31. The minimum absolute atomic E-state index is 0.00315. The van der Waals surface area contributed by atoms with Crippen LogP contribution in [0.4, 0.5) is 0 Å². The molecule has 1 aliphatic carbocycles. The minimum Gasteiger partial charge on any atom is -0.355 e. The Hall–Kier alpha value is -0.840. The largest absolute Gasteiger partial charge is 0.355 e. The SMILES string of the molecule is CC(C)(CNC(=O)C1CCS(=O)(=O)CC1)C1=CCCCC1. The molecule has 21 heavy (non-hydrogen) atoms. The van der Waals surface area contributed by atoms with Crippen LogP contribution in [0, 0.1) is 11.3 Å². The van der Waals surface area contributed by atoms with Crippen molar-refractivity contribution in [3.05, 3.63) is 11.6 Å². The lowest BCUT2D eigenvalue weighted by Crippen LogP contribution is -2.41. The van der Waals surface area contributed by atoms with Crippen LogP contribution in [0.3, 0.4) is 0 Å². The van der Waals surface area contributed by atoms with E-state index in [2.05, 4.69) is 25.2 Å². The predicted octanol–water partition coefficient (Wildman–Crippen LogP) is 2.45. The molecule has 0 aromatic heterocycles. The van der Waals surface area contributed by atoms with E-state index in [4.69, 9.17) is 0 Å². The van der Waals surface area contributed by atoms with E-state index in [1.165, 1.54) is 18.4 Å². The van der Waals surface area contributed by atoms with E-state index < -0.39 is 9.84 Å². The van der Waals surface area contributed by atoms with Gasteiger partial charge in [0.2, 0.25) is 5.91 Å². The molecule has 0 spiro atoms. The van der Waals surface area contributed by atoms with E-state index >= 15 is 0 Å². The van der Waals surface area contributed by atoms with Gasteiger partial charge in [-0.1, -0.05) is 25.5 Å². The topological polar surface area (TPSA) is 63.2 Å². The molecule has 0 bridgehead atoms. The van der Waals surface area contributed by atoms with Gasteiger partial charge < -0.3 is 5.32 Å². The van der Waals surface area contributed by atoms with E-state index in [0.717, 1.165) is 12.8 Å². The third-order valence-electron chi connectivity index (χ3n) is 4.79. The zero-order valence-electron chi connectivity index (χ0n) is 13.2. The van der Waals surface area contributed by atoms with Crippen molar-refractivity contribution in [2.75, 3.05) is 18.1 Å². The normalized spacial score (nSPS) is 23.4. The molecule has 1 saturated heterocycles. The Morgan fingerprint density at radius 1 is 1.29 bits per heavy atom. The van der Waals surface area contributed by atoms with Crippen LogP contribution >= 0.6 is 0 Å². The van der Waals surface area contributed by atoms with Crippen LogP contribution in [0.1, 0.15) is 52.4 Å². The van der Waals surface area contributed by atoms with E-state index in [0.29, 0.717) is 19.4 Å². The Kier molecular flexibility index (Phi) is 5.12. The van der Waals surface area contributed by atoms with E-state index in [1.54, 1.807) is 0 Å². The molecule has 5 heteroatoms. The first-order valence-corrected chi connectivity index (χ1v) is 9.80. The van der Waals surface area contributed by atoms with Crippen LogP contribution in [0.25, 0.3) is 0 Å². The number of hydrogen-bond donors (Lipinski definition) is 1. The van der Waals surface area contributed by atoms with Crippen LogP contribution in [0.15, 0.2) is 11.6 Å². The summed E-state index contributed by atoms with van der Waals surface area (Å²) in [7, 11) is -2.90. The van der Waals surface area contributed by atoms with Gasteiger partial charge in [0.05, 0.1) is 11.5 Å². The van der Waals surface area contributed by atoms with Crippen LogP contribution < -0.4 is 5.32 Å². The monoisotopic (exact) mass is 313 g/mol. The van der Waals surface area contributed by atoms with E-state index in [1.807, 2.05) is 0 Å². The molecule has 1 heterocycles. The molecule has 2 aliphatic rings.